The van der Waals surface area contributed by atoms with Crippen LogP contribution in [-0.2, 0) is 17.6 Å². The van der Waals surface area contributed by atoms with Gasteiger partial charge in [0.05, 0.1) is 0 Å². The maximum atomic E-state index is 12.6. The van der Waals surface area contributed by atoms with Crippen LogP contribution in [0.1, 0.15) is 36.1 Å². The van der Waals surface area contributed by atoms with E-state index in [0.717, 1.165) is 46.5 Å². The number of benzene rings is 2. The molecule has 1 amide bonds. The van der Waals surface area contributed by atoms with Gasteiger partial charge in [0.2, 0.25) is 0 Å². The number of aryl methyl sites for hydroxylation is 4. The summed E-state index contributed by atoms with van der Waals surface area (Å²) in [6.07, 6.45) is 3.17. The fourth-order valence-corrected chi connectivity index (χ4v) is 2.91. The Kier molecular flexibility index (Phi) is 6.57. The number of carbonyl (C=O) groups is 1. The number of nitrogens with zero attached hydrogens (tertiary/aromatic N) is 1. The van der Waals surface area contributed by atoms with Crippen molar-refractivity contribution < 1.29 is 4.79 Å². The van der Waals surface area contributed by atoms with Crippen molar-refractivity contribution in [3.8, 4) is 6.07 Å². The first-order chi connectivity index (χ1) is 12.5. The van der Waals surface area contributed by atoms with Gasteiger partial charge in [0.25, 0.3) is 5.91 Å². The molecular formula is C22H25N3O. The van der Waals surface area contributed by atoms with Crippen LogP contribution < -0.4 is 10.6 Å². The lowest BCUT2D eigenvalue weighted by Gasteiger charge is -2.13. The molecule has 4 heteroatoms. The lowest BCUT2D eigenvalue weighted by atomic mass is 10.1. The highest BCUT2D eigenvalue weighted by atomic mass is 16.1. The lowest BCUT2D eigenvalue weighted by Crippen LogP contribution is -2.16. The van der Waals surface area contributed by atoms with E-state index in [9.17, 15) is 10.1 Å². The molecule has 4 nitrogen and oxygen atoms in total. The molecule has 0 saturated carbocycles. The third-order valence-corrected chi connectivity index (χ3v) is 4.44. The summed E-state index contributed by atoms with van der Waals surface area (Å²) in [5, 5.41) is 15.5. The number of para-hydroxylation sites is 2. The normalized spacial score (nSPS) is 11.0. The van der Waals surface area contributed by atoms with Gasteiger partial charge < -0.3 is 10.6 Å². The summed E-state index contributed by atoms with van der Waals surface area (Å²) < 4.78 is 0. The van der Waals surface area contributed by atoms with Crippen molar-refractivity contribution >= 4 is 17.3 Å². The molecule has 2 aromatic carbocycles. The predicted molar refractivity (Wildman–Crippen MR) is 107 cm³/mol. The summed E-state index contributed by atoms with van der Waals surface area (Å²) in [5.41, 5.74) is 6.02. The van der Waals surface area contributed by atoms with Gasteiger partial charge >= 0.3 is 0 Å². The SMILES string of the molecule is CCc1cccc(C)c1N/C=C(/C#N)C(=O)Nc1c(C)cccc1CC. The number of hydrogen-bond donors (Lipinski definition) is 2. The average molecular weight is 347 g/mol. The van der Waals surface area contributed by atoms with E-state index in [1.807, 2.05) is 63.2 Å². The molecule has 0 aromatic heterocycles. The molecule has 0 unspecified atom stereocenters. The van der Waals surface area contributed by atoms with E-state index < -0.39 is 5.91 Å². The fourth-order valence-electron chi connectivity index (χ4n) is 2.91. The van der Waals surface area contributed by atoms with Crippen molar-refractivity contribution in [2.24, 2.45) is 0 Å². The number of nitrogens with one attached hydrogen (secondary N) is 2. The quantitative estimate of drug-likeness (QED) is 0.578. The van der Waals surface area contributed by atoms with Gasteiger partial charge in [-0.3, -0.25) is 4.79 Å². The molecule has 0 aliphatic heterocycles. The van der Waals surface area contributed by atoms with Crippen LogP contribution in [0.2, 0.25) is 0 Å². The van der Waals surface area contributed by atoms with Gasteiger partial charge in [-0.1, -0.05) is 50.2 Å². The minimum Gasteiger partial charge on any atom is -0.360 e. The Labute approximate surface area is 155 Å². The molecule has 26 heavy (non-hydrogen) atoms. The van der Waals surface area contributed by atoms with Crippen molar-refractivity contribution in [3.05, 3.63) is 70.4 Å². The number of anilines is 2. The van der Waals surface area contributed by atoms with E-state index in [1.54, 1.807) is 0 Å². The van der Waals surface area contributed by atoms with Gasteiger partial charge in [-0.15, -0.1) is 0 Å². The molecule has 0 heterocycles. The second-order valence-electron chi connectivity index (χ2n) is 6.19. The van der Waals surface area contributed by atoms with E-state index in [0.29, 0.717) is 0 Å². The molecule has 0 bridgehead atoms. The Hall–Kier alpha value is -3.06. The molecule has 0 fully saturated rings. The van der Waals surface area contributed by atoms with Gasteiger partial charge in [0, 0.05) is 17.6 Å². The summed E-state index contributed by atoms with van der Waals surface area (Å²) in [5.74, 6) is -0.407. The van der Waals surface area contributed by atoms with Gasteiger partial charge in [-0.2, -0.15) is 5.26 Å². The predicted octanol–water partition coefficient (Wildman–Crippen LogP) is 4.89. The van der Waals surface area contributed by atoms with Crippen LogP contribution in [0, 0.1) is 25.2 Å². The van der Waals surface area contributed by atoms with Crippen LogP contribution in [0.5, 0.6) is 0 Å². The molecular weight excluding hydrogens is 322 g/mol. The van der Waals surface area contributed by atoms with Crippen LogP contribution in [0.4, 0.5) is 11.4 Å². The minimum atomic E-state index is -0.407. The second kappa shape index (κ2) is 8.87. The Morgan fingerprint density at radius 2 is 1.54 bits per heavy atom. The molecule has 0 aliphatic rings. The van der Waals surface area contributed by atoms with Crippen molar-refractivity contribution in [1.29, 1.82) is 5.26 Å². The first-order valence-electron chi connectivity index (χ1n) is 8.86. The van der Waals surface area contributed by atoms with Crippen LogP contribution in [0.15, 0.2) is 48.2 Å². The van der Waals surface area contributed by atoms with Crippen LogP contribution in [0.3, 0.4) is 0 Å². The Morgan fingerprint density at radius 1 is 1.00 bits per heavy atom. The number of nitriles is 1. The van der Waals surface area contributed by atoms with E-state index in [1.165, 1.54) is 6.20 Å². The molecule has 2 N–H and O–H groups in total. The smallest absolute Gasteiger partial charge is 0.267 e. The molecule has 0 spiro atoms. The van der Waals surface area contributed by atoms with Crippen molar-refractivity contribution in [1.82, 2.24) is 0 Å². The zero-order chi connectivity index (χ0) is 19.1. The lowest BCUT2D eigenvalue weighted by molar-refractivity contribution is -0.112. The van der Waals surface area contributed by atoms with E-state index in [-0.39, 0.29) is 5.57 Å². The topological polar surface area (TPSA) is 64.9 Å². The number of hydrogen-bond acceptors (Lipinski definition) is 3. The van der Waals surface area contributed by atoms with Crippen LogP contribution in [-0.4, -0.2) is 5.91 Å². The molecule has 0 atom stereocenters. The summed E-state index contributed by atoms with van der Waals surface area (Å²) in [7, 11) is 0. The first-order valence-corrected chi connectivity index (χ1v) is 8.86. The van der Waals surface area contributed by atoms with E-state index in [2.05, 4.69) is 17.6 Å². The summed E-state index contributed by atoms with van der Waals surface area (Å²) in [6, 6.07) is 13.9. The van der Waals surface area contributed by atoms with Crippen molar-refractivity contribution in [2.45, 2.75) is 40.5 Å². The molecule has 0 aliphatic carbocycles. The average Bonchev–Trinajstić information content (AvgIpc) is 2.64. The van der Waals surface area contributed by atoms with Gasteiger partial charge in [-0.05, 0) is 48.9 Å². The number of rotatable bonds is 6. The molecule has 0 saturated heterocycles. The fraction of sp³-hybridized carbons (Fsp3) is 0.273. The Bertz CT molecular complexity index is 875. The van der Waals surface area contributed by atoms with E-state index >= 15 is 0 Å². The van der Waals surface area contributed by atoms with Gasteiger partial charge in [-0.25, -0.2) is 0 Å². The van der Waals surface area contributed by atoms with Crippen molar-refractivity contribution in [3.63, 3.8) is 0 Å². The highest BCUT2D eigenvalue weighted by Crippen LogP contribution is 2.23. The molecule has 0 radical (unpaired) electrons. The first kappa shape index (κ1) is 19.3. The largest absolute Gasteiger partial charge is 0.360 e. The zero-order valence-electron chi connectivity index (χ0n) is 15.8. The molecule has 134 valence electrons. The maximum Gasteiger partial charge on any atom is 0.267 e. The Morgan fingerprint density at radius 3 is 2.08 bits per heavy atom. The summed E-state index contributed by atoms with van der Waals surface area (Å²) in [6.45, 7) is 8.06. The molecule has 2 aromatic rings. The summed E-state index contributed by atoms with van der Waals surface area (Å²) >= 11 is 0. The third kappa shape index (κ3) is 4.31. The highest BCUT2D eigenvalue weighted by Gasteiger charge is 2.13. The van der Waals surface area contributed by atoms with Gasteiger partial charge in [0.15, 0.2) is 0 Å². The molecule has 2 rings (SSSR count). The van der Waals surface area contributed by atoms with E-state index in [4.69, 9.17) is 0 Å². The highest BCUT2D eigenvalue weighted by molar-refractivity contribution is 6.07. The third-order valence-electron chi connectivity index (χ3n) is 4.44. The number of carbonyl (C=O) groups excluding carboxylic acids is 1. The van der Waals surface area contributed by atoms with Crippen LogP contribution >= 0.6 is 0 Å². The summed E-state index contributed by atoms with van der Waals surface area (Å²) in [4.78, 5) is 12.6. The monoisotopic (exact) mass is 347 g/mol. The minimum absolute atomic E-state index is 0.0422. The second-order valence-corrected chi connectivity index (χ2v) is 6.19. The maximum absolute atomic E-state index is 12.6. The van der Waals surface area contributed by atoms with Crippen molar-refractivity contribution in [2.75, 3.05) is 10.6 Å². The van der Waals surface area contributed by atoms with Crippen LogP contribution in [0.25, 0.3) is 0 Å². The zero-order valence-corrected chi connectivity index (χ0v) is 15.8. The van der Waals surface area contributed by atoms with Gasteiger partial charge in [0.1, 0.15) is 11.6 Å². The Balaban J connectivity index is 2.25. The number of amides is 1. The standard InChI is InChI=1S/C22H25N3O/c1-5-17-11-7-9-15(3)20(17)24-14-19(13-23)22(26)25-21-16(4)10-8-12-18(21)6-2/h7-12,14,24H,5-6H2,1-4H3,(H,25,26)/b19-14-.